The lowest BCUT2D eigenvalue weighted by molar-refractivity contribution is -0.274. The third-order valence-corrected chi connectivity index (χ3v) is 5.72. The number of fused-ring (bicyclic) bond motifs is 1. The van der Waals surface area contributed by atoms with Crippen LogP contribution in [0.15, 0.2) is 18.2 Å². The summed E-state index contributed by atoms with van der Waals surface area (Å²) in [6.07, 6.45) is 1.00. The molecule has 1 fully saturated rings. The van der Waals surface area contributed by atoms with Crippen molar-refractivity contribution in [2.24, 2.45) is 5.41 Å². The van der Waals surface area contributed by atoms with E-state index in [-0.39, 0.29) is 17.1 Å². The van der Waals surface area contributed by atoms with Gasteiger partial charge in [-0.3, -0.25) is 4.79 Å². The molecule has 3 rings (SSSR count). The van der Waals surface area contributed by atoms with Gasteiger partial charge in [0.15, 0.2) is 5.13 Å². The zero-order valence-corrected chi connectivity index (χ0v) is 14.6. The summed E-state index contributed by atoms with van der Waals surface area (Å²) in [4.78, 5) is 17.0. The number of carbonyl (C=O) groups excluding carboxylic acids is 1. The largest absolute Gasteiger partial charge is 0.573 e. The number of aromatic nitrogens is 1. The number of nitrogens with one attached hydrogen (secondary N) is 1. The third-order valence-electron chi connectivity index (χ3n) is 4.78. The molecule has 1 saturated carbocycles. The maximum absolute atomic E-state index is 12.7. The van der Waals surface area contributed by atoms with Crippen LogP contribution in [0.3, 0.4) is 0 Å². The molecule has 0 saturated heterocycles. The fourth-order valence-corrected chi connectivity index (χ4v) is 4.24. The Morgan fingerprint density at radius 2 is 2.04 bits per heavy atom. The Balaban J connectivity index is 1.78. The van der Waals surface area contributed by atoms with Crippen LogP contribution in [0.2, 0.25) is 0 Å². The van der Waals surface area contributed by atoms with E-state index >= 15 is 0 Å². The molecule has 1 aromatic carbocycles. The van der Waals surface area contributed by atoms with Crippen molar-refractivity contribution in [3.63, 3.8) is 0 Å². The second-order valence-electron chi connectivity index (χ2n) is 6.35. The van der Waals surface area contributed by atoms with Crippen LogP contribution in [-0.2, 0) is 4.79 Å². The van der Waals surface area contributed by atoms with E-state index < -0.39 is 6.36 Å². The van der Waals surface area contributed by atoms with E-state index in [4.69, 9.17) is 0 Å². The standard InChI is InChI=1S/C17H19F3N2O2S/c1-2-16(8-4-3-5-9-16)14(23)22-15-21-12-7-6-11(10-13(12)25-15)24-17(18,19)20/h6-7,10H,2-5,8-9H2,1H3,(H,21,22,23). The molecule has 1 amide bonds. The monoisotopic (exact) mass is 372 g/mol. The molecular formula is C17H19F3N2O2S. The first-order chi connectivity index (χ1) is 11.8. The van der Waals surface area contributed by atoms with E-state index in [1.807, 2.05) is 6.92 Å². The van der Waals surface area contributed by atoms with Gasteiger partial charge in [-0.05, 0) is 31.4 Å². The van der Waals surface area contributed by atoms with Crippen molar-refractivity contribution >= 4 is 32.6 Å². The van der Waals surface area contributed by atoms with Gasteiger partial charge in [-0.25, -0.2) is 4.98 Å². The van der Waals surface area contributed by atoms with Crippen molar-refractivity contribution in [1.29, 1.82) is 0 Å². The smallest absolute Gasteiger partial charge is 0.406 e. The summed E-state index contributed by atoms with van der Waals surface area (Å²) >= 11 is 1.15. The Kier molecular flexibility index (Phi) is 4.90. The fourth-order valence-electron chi connectivity index (χ4n) is 3.35. The SMILES string of the molecule is CCC1(C(=O)Nc2nc3ccc(OC(F)(F)F)cc3s2)CCCCC1. The molecule has 8 heteroatoms. The number of hydrogen-bond acceptors (Lipinski definition) is 4. The number of thiazole rings is 1. The first kappa shape index (κ1) is 18.0. The summed E-state index contributed by atoms with van der Waals surface area (Å²) in [6, 6.07) is 3.96. The van der Waals surface area contributed by atoms with Crippen molar-refractivity contribution in [3.8, 4) is 5.75 Å². The normalized spacial score (nSPS) is 17.4. The first-order valence-electron chi connectivity index (χ1n) is 8.29. The Hall–Kier alpha value is -1.83. The van der Waals surface area contributed by atoms with Crippen molar-refractivity contribution in [3.05, 3.63) is 18.2 Å². The molecular weight excluding hydrogens is 353 g/mol. The van der Waals surface area contributed by atoms with Gasteiger partial charge in [0.05, 0.1) is 10.2 Å². The minimum Gasteiger partial charge on any atom is -0.406 e. The van der Waals surface area contributed by atoms with Crippen molar-refractivity contribution < 1.29 is 22.7 Å². The van der Waals surface area contributed by atoms with Crippen molar-refractivity contribution in [2.45, 2.75) is 51.8 Å². The number of ether oxygens (including phenoxy) is 1. The molecule has 1 aliphatic carbocycles. The molecule has 0 atom stereocenters. The number of benzene rings is 1. The molecule has 2 aromatic rings. The second kappa shape index (κ2) is 6.82. The van der Waals surface area contributed by atoms with Gasteiger partial charge >= 0.3 is 6.36 Å². The zero-order chi connectivity index (χ0) is 18.1. The molecule has 1 N–H and O–H groups in total. The average Bonchev–Trinajstić information content (AvgIpc) is 2.95. The van der Waals surface area contributed by atoms with Crippen molar-refractivity contribution in [2.75, 3.05) is 5.32 Å². The number of halogens is 3. The minimum atomic E-state index is -4.73. The van der Waals surface area contributed by atoms with E-state index in [1.165, 1.54) is 18.2 Å². The molecule has 0 radical (unpaired) electrons. The Labute approximate surface area is 147 Å². The van der Waals surface area contributed by atoms with Crippen LogP contribution in [0.4, 0.5) is 18.3 Å². The van der Waals surface area contributed by atoms with Crippen LogP contribution < -0.4 is 10.1 Å². The van der Waals surface area contributed by atoms with Gasteiger partial charge in [0.1, 0.15) is 5.75 Å². The average molecular weight is 372 g/mol. The van der Waals surface area contributed by atoms with Gasteiger partial charge in [0, 0.05) is 11.5 Å². The number of alkyl halides is 3. The second-order valence-corrected chi connectivity index (χ2v) is 7.38. The number of anilines is 1. The zero-order valence-electron chi connectivity index (χ0n) is 13.8. The van der Waals surface area contributed by atoms with Crippen LogP contribution >= 0.6 is 11.3 Å². The maximum Gasteiger partial charge on any atom is 0.573 e. The Bertz CT molecular complexity index is 767. The van der Waals surface area contributed by atoms with E-state index in [1.54, 1.807) is 0 Å². The highest BCUT2D eigenvalue weighted by Gasteiger charge is 2.38. The lowest BCUT2D eigenvalue weighted by Gasteiger charge is -2.34. The first-order valence-corrected chi connectivity index (χ1v) is 9.11. The summed E-state index contributed by atoms with van der Waals surface area (Å²) in [5, 5.41) is 3.27. The van der Waals surface area contributed by atoms with E-state index in [2.05, 4.69) is 15.0 Å². The summed E-state index contributed by atoms with van der Waals surface area (Å²) < 4.78 is 41.4. The fraction of sp³-hybridized carbons (Fsp3) is 0.529. The topological polar surface area (TPSA) is 51.2 Å². The predicted octanol–water partition coefficient (Wildman–Crippen LogP) is 5.49. The van der Waals surface area contributed by atoms with E-state index in [0.717, 1.165) is 49.9 Å². The molecule has 0 spiro atoms. The highest BCUT2D eigenvalue weighted by atomic mass is 32.1. The molecule has 0 bridgehead atoms. The molecule has 0 unspecified atom stereocenters. The number of hydrogen-bond donors (Lipinski definition) is 1. The summed E-state index contributed by atoms with van der Waals surface area (Å²) in [6.45, 7) is 2.02. The summed E-state index contributed by atoms with van der Waals surface area (Å²) in [7, 11) is 0. The van der Waals surface area contributed by atoms with E-state index in [0.29, 0.717) is 15.3 Å². The molecule has 1 aliphatic rings. The van der Waals surface area contributed by atoms with Crippen LogP contribution in [0.5, 0.6) is 5.75 Å². The van der Waals surface area contributed by atoms with Crippen molar-refractivity contribution in [1.82, 2.24) is 4.98 Å². The van der Waals surface area contributed by atoms with E-state index in [9.17, 15) is 18.0 Å². The number of carbonyl (C=O) groups is 1. The molecule has 136 valence electrons. The molecule has 1 heterocycles. The molecule has 1 aromatic heterocycles. The van der Waals surface area contributed by atoms with Crippen LogP contribution in [0, 0.1) is 5.41 Å². The van der Waals surface area contributed by atoms with Gasteiger partial charge in [-0.2, -0.15) is 0 Å². The lowest BCUT2D eigenvalue weighted by Crippen LogP contribution is -2.37. The lowest BCUT2D eigenvalue weighted by atomic mass is 9.71. The van der Waals surface area contributed by atoms with Gasteiger partial charge in [0.2, 0.25) is 5.91 Å². The van der Waals surface area contributed by atoms with Crippen LogP contribution in [0.25, 0.3) is 10.2 Å². The highest BCUT2D eigenvalue weighted by molar-refractivity contribution is 7.22. The molecule has 0 aliphatic heterocycles. The predicted molar refractivity (Wildman–Crippen MR) is 90.7 cm³/mol. The number of amides is 1. The van der Waals surface area contributed by atoms with Gasteiger partial charge in [0.25, 0.3) is 0 Å². The summed E-state index contributed by atoms with van der Waals surface area (Å²) in [5.41, 5.74) is 0.171. The van der Waals surface area contributed by atoms with Gasteiger partial charge in [-0.1, -0.05) is 37.5 Å². The minimum absolute atomic E-state index is 0.0412. The summed E-state index contributed by atoms with van der Waals surface area (Å²) in [5.74, 6) is -0.334. The van der Waals surface area contributed by atoms with Crippen LogP contribution in [0.1, 0.15) is 45.4 Å². The molecule has 4 nitrogen and oxygen atoms in total. The quantitative estimate of drug-likeness (QED) is 0.772. The third kappa shape index (κ3) is 4.05. The Morgan fingerprint density at radius 3 is 2.68 bits per heavy atom. The van der Waals surface area contributed by atoms with Gasteiger partial charge in [-0.15, -0.1) is 13.2 Å². The maximum atomic E-state index is 12.7. The van der Waals surface area contributed by atoms with Crippen LogP contribution in [-0.4, -0.2) is 17.3 Å². The number of nitrogens with zero attached hydrogens (tertiary/aromatic N) is 1. The van der Waals surface area contributed by atoms with Gasteiger partial charge < -0.3 is 10.1 Å². The number of rotatable bonds is 4. The highest BCUT2D eigenvalue weighted by Crippen LogP contribution is 2.41. The Morgan fingerprint density at radius 1 is 1.32 bits per heavy atom. The molecule has 25 heavy (non-hydrogen) atoms.